The quantitative estimate of drug-likeness (QED) is 0.291. The predicted molar refractivity (Wildman–Crippen MR) is 149 cm³/mol. The van der Waals surface area contributed by atoms with E-state index >= 15 is 0 Å². The first-order chi connectivity index (χ1) is 18.7. The summed E-state index contributed by atoms with van der Waals surface area (Å²) in [5.74, 6) is -0.315. The standard InChI is InChI=1S/C29H28N2O6S2/c1-2-20(17-28-31(19-29(32)33)23-10-6-7-11-26(23)38-28)16-27-30(14-15-39(34,35)36)24-18-22(12-13-25(24)37-27)21-8-4-3-5-9-21/h3-13,16-17,22H,2,14-15,18-19H2,1H3,(H-,32,33,34,35,36). The average Bonchev–Trinajstić information content (AvgIpc) is 3.43. The molecule has 1 unspecified atom stereocenters. The van der Waals surface area contributed by atoms with Crippen molar-refractivity contribution in [3.05, 3.63) is 100 Å². The van der Waals surface area contributed by atoms with Crippen molar-refractivity contribution >= 4 is 45.7 Å². The molecule has 5 rings (SSSR count). The molecule has 2 aliphatic rings. The molecule has 2 aromatic carbocycles. The Labute approximate surface area is 231 Å². The van der Waals surface area contributed by atoms with Crippen molar-refractivity contribution in [2.45, 2.75) is 37.1 Å². The number of aromatic nitrogens is 1. The van der Waals surface area contributed by atoms with Crippen molar-refractivity contribution in [1.82, 2.24) is 0 Å². The van der Waals surface area contributed by atoms with Crippen LogP contribution in [0.1, 0.15) is 42.2 Å². The summed E-state index contributed by atoms with van der Waals surface area (Å²) < 4.78 is 42.6. The van der Waals surface area contributed by atoms with Gasteiger partial charge < -0.3 is 19.0 Å². The van der Waals surface area contributed by atoms with E-state index in [0.717, 1.165) is 32.4 Å². The molecule has 0 radical (unpaired) electrons. The predicted octanol–water partition coefficient (Wildman–Crippen LogP) is 4.80. The van der Waals surface area contributed by atoms with Crippen molar-refractivity contribution in [3.8, 4) is 0 Å². The summed E-state index contributed by atoms with van der Waals surface area (Å²) in [6.45, 7) is 1.79. The highest BCUT2D eigenvalue weighted by Crippen LogP contribution is 2.46. The third kappa shape index (κ3) is 6.19. The Morgan fingerprint density at radius 1 is 1.21 bits per heavy atom. The molecule has 0 bridgehead atoms. The smallest absolute Gasteiger partial charge is 0.374 e. The van der Waals surface area contributed by atoms with E-state index in [9.17, 15) is 22.9 Å². The van der Waals surface area contributed by atoms with Crippen LogP contribution in [0, 0.1) is 0 Å². The minimum atomic E-state index is -4.44. The van der Waals surface area contributed by atoms with Gasteiger partial charge in [-0.1, -0.05) is 67.2 Å². The van der Waals surface area contributed by atoms with Crippen LogP contribution in [0.3, 0.4) is 0 Å². The van der Waals surface area contributed by atoms with Crippen LogP contribution in [0.25, 0.3) is 12.2 Å². The Hall–Kier alpha value is -3.60. The van der Waals surface area contributed by atoms with Crippen molar-refractivity contribution in [1.29, 1.82) is 0 Å². The Balaban J connectivity index is 1.52. The fourth-order valence-electron chi connectivity index (χ4n) is 4.82. The molecule has 2 heterocycles. The second-order valence-electron chi connectivity index (χ2n) is 9.35. The first-order valence-corrected chi connectivity index (χ1v) is 15.0. The van der Waals surface area contributed by atoms with Gasteiger partial charge >= 0.3 is 11.9 Å². The fourth-order valence-corrected chi connectivity index (χ4v) is 6.36. The maximum absolute atomic E-state index is 11.6. The van der Waals surface area contributed by atoms with Gasteiger partial charge in [-0.2, -0.15) is 4.57 Å². The molecule has 0 fully saturated rings. The number of rotatable bonds is 9. The number of carbonyl (C=O) groups is 1. The number of nitrogens with zero attached hydrogens (tertiary/aromatic N) is 2. The monoisotopic (exact) mass is 564 g/mol. The number of fused-ring (bicyclic) bond motifs is 2. The molecule has 0 spiro atoms. The minimum Gasteiger partial charge on any atom is -0.748 e. The van der Waals surface area contributed by atoms with E-state index in [0.29, 0.717) is 24.5 Å². The van der Waals surface area contributed by atoms with Crippen LogP contribution in [0.5, 0.6) is 0 Å². The van der Waals surface area contributed by atoms with Gasteiger partial charge in [0.15, 0.2) is 12.3 Å². The van der Waals surface area contributed by atoms with Crippen molar-refractivity contribution in [2.24, 2.45) is 0 Å². The number of oxazole rings is 1. The number of carboxylic acids is 1. The Bertz CT molecular complexity index is 1590. The van der Waals surface area contributed by atoms with Crippen molar-refractivity contribution in [3.63, 3.8) is 0 Å². The lowest BCUT2D eigenvalue weighted by molar-refractivity contribution is -0.704. The third-order valence-corrected chi connectivity index (χ3v) is 8.53. The molecule has 0 saturated carbocycles. The Morgan fingerprint density at radius 3 is 2.67 bits per heavy atom. The lowest BCUT2D eigenvalue weighted by atomic mass is 9.90. The summed E-state index contributed by atoms with van der Waals surface area (Å²) in [5.41, 5.74) is 3.68. The van der Waals surface area contributed by atoms with Gasteiger partial charge in [0.2, 0.25) is 5.69 Å². The Kier molecular flexibility index (Phi) is 7.79. The van der Waals surface area contributed by atoms with Crippen LogP contribution in [0.2, 0.25) is 0 Å². The van der Waals surface area contributed by atoms with E-state index in [1.165, 1.54) is 11.8 Å². The maximum Gasteiger partial charge on any atom is 0.374 e. The maximum atomic E-state index is 11.6. The van der Waals surface area contributed by atoms with Gasteiger partial charge in [0.1, 0.15) is 16.7 Å². The first-order valence-electron chi connectivity index (χ1n) is 12.6. The third-order valence-electron chi connectivity index (χ3n) is 6.73. The number of aliphatic carboxylic acids is 1. The SMILES string of the molecule is CCC(=Cc1oc2c([n+]1CCS(=O)(=O)[O-])CC(c1ccccc1)C=C2)C=C1Sc2ccccc2N1CC(=O)O. The lowest BCUT2D eigenvalue weighted by Crippen LogP contribution is -2.42. The van der Waals surface area contributed by atoms with Crippen molar-refractivity contribution in [2.75, 3.05) is 17.2 Å². The van der Waals surface area contributed by atoms with Crippen LogP contribution in [0.4, 0.5) is 5.69 Å². The van der Waals surface area contributed by atoms with E-state index < -0.39 is 21.8 Å². The van der Waals surface area contributed by atoms with Gasteiger partial charge in [-0.25, -0.2) is 8.42 Å². The van der Waals surface area contributed by atoms with Gasteiger partial charge in [-0.05, 0) is 41.8 Å². The molecule has 1 aliphatic carbocycles. The van der Waals surface area contributed by atoms with E-state index in [2.05, 4.69) is 18.2 Å². The second kappa shape index (κ2) is 11.3. The summed E-state index contributed by atoms with van der Waals surface area (Å²) >= 11 is 1.50. The summed E-state index contributed by atoms with van der Waals surface area (Å²) in [5, 5.41) is 10.3. The van der Waals surface area contributed by atoms with Gasteiger partial charge in [0.05, 0.1) is 22.5 Å². The van der Waals surface area contributed by atoms with Crippen LogP contribution >= 0.6 is 11.8 Å². The van der Waals surface area contributed by atoms with Crippen LogP contribution in [-0.2, 0) is 27.9 Å². The van der Waals surface area contributed by atoms with E-state index in [-0.39, 0.29) is 19.0 Å². The number of para-hydroxylation sites is 1. The molecule has 39 heavy (non-hydrogen) atoms. The highest BCUT2D eigenvalue weighted by atomic mass is 32.2. The highest BCUT2D eigenvalue weighted by molar-refractivity contribution is 8.03. The van der Waals surface area contributed by atoms with Crippen LogP contribution in [-0.4, -0.2) is 36.3 Å². The second-order valence-corrected chi connectivity index (χ2v) is 11.9. The number of carboxylic acid groups (broad SMARTS) is 1. The zero-order valence-electron chi connectivity index (χ0n) is 21.3. The largest absolute Gasteiger partial charge is 0.748 e. The van der Waals surface area contributed by atoms with Gasteiger partial charge in [-0.15, -0.1) is 0 Å². The van der Waals surface area contributed by atoms with Crippen molar-refractivity contribution < 1.29 is 31.9 Å². The number of hydrogen-bond acceptors (Lipinski definition) is 7. The fraction of sp³-hybridized carbons (Fsp3) is 0.241. The highest BCUT2D eigenvalue weighted by Gasteiger charge is 2.32. The first kappa shape index (κ1) is 27.0. The molecule has 1 atom stereocenters. The number of anilines is 1. The Morgan fingerprint density at radius 2 is 1.95 bits per heavy atom. The summed E-state index contributed by atoms with van der Waals surface area (Å²) in [6.07, 6.45) is 8.98. The summed E-state index contributed by atoms with van der Waals surface area (Å²) in [6, 6.07) is 17.7. The lowest BCUT2D eigenvalue weighted by Gasteiger charge is -2.18. The van der Waals surface area contributed by atoms with E-state index in [1.54, 1.807) is 9.47 Å². The zero-order valence-corrected chi connectivity index (χ0v) is 23.0. The molecule has 0 saturated heterocycles. The number of benzene rings is 2. The summed E-state index contributed by atoms with van der Waals surface area (Å²) in [4.78, 5) is 14.3. The van der Waals surface area contributed by atoms with Crippen LogP contribution < -0.4 is 9.47 Å². The molecule has 202 valence electrons. The molecule has 8 nitrogen and oxygen atoms in total. The number of allylic oxidation sites excluding steroid dienone is 3. The summed E-state index contributed by atoms with van der Waals surface area (Å²) in [7, 11) is -4.44. The minimum absolute atomic E-state index is 0.0231. The van der Waals surface area contributed by atoms with Gasteiger partial charge in [0.25, 0.3) is 0 Å². The van der Waals surface area contributed by atoms with E-state index in [1.807, 2.05) is 67.6 Å². The molecule has 10 heteroatoms. The van der Waals surface area contributed by atoms with Gasteiger partial charge in [-0.3, -0.25) is 4.79 Å². The number of hydrogen-bond donors (Lipinski definition) is 1. The molecule has 1 aromatic heterocycles. The molecule has 1 N–H and O–H groups in total. The topological polar surface area (TPSA) is 115 Å². The molecule has 0 amide bonds. The average molecular weight is 565 g/mol. The molecular formula is C29H28N2O6S2. The van der Waals surface area contributed by atoms with Crippen LogP contribution in [0.15, 0.2) is 86.7 Å². The zero-order chi connectivity index (χ0) is 27.6. The van der Waals surface area contributed by atoms with E-state index in [4.69, 9.17) is 4.42 Å². The molecular weight excluding hydrogens is 536 g/mol. The van der Waals surface area contributed by atoms with Gasteiger partial charge in [0, 0.05) is 17.2 Å². The normalized spacial score (nSPS) is 17.9. The molecule has 3 aromatic rings. The molecule has 1 aliphatic heterocycles. The number of thioether (sulfide) groups is 1.